The van der Waals surface area contributed by atoms with E-state index < -0.39 is 29.8 Å². The Morgan fingerprint density at radius 1 is 1.20 bits per heavy atom. The van der Waals surface area contributed by atoms with Gasteiger partial charge in [0.15, 0.2) is 0 Å². The number of nitrogens with one attached hydrogen (secondary N) is 1. The SMILES string of the molecule is N#Cc1cc(NC(=O)Cn2nc(-c3ccc(Cl)c(F)c3)ccc2=O)cc(C(=O)O)c1. The van der Waals surface area contributed by atoms with E-state index in [1.807, 2.05) is 0 Å². The van der Waals surface area contributed by atoms with Gasteiger partial charge in [-0.3, -0.25) is 9.59 Å². The first-order chi connectivity index (χ1) is 14.3. The predicted molar refractivity (Wildman–Crippen MR) is 106 cm³/mol. The minimum Gasteiger partial charge on any atom is -0.478 e. The van der Waals surface area contributed by atoms with Crippen LogP contribution in [-0.4, -0.2) is 26.8 Å². The molecule has 1 heterocycles. The number of hydrogen-bond acceptors (Lipinski definition) is 5. The Labute approximate surface area is 173 Å². The first-order valence-electron chi connectivity index (χ1n) is 8.39. The van der Waals surface area contributed by atoms with E-state index in [1.54, 1.807) is 6.07 Å². The molecule has 1 aromatic heterocycles. The number of amides is 1. The lowest BCUT2D eigenvalue weighted by atomic mass is 10.1. The van der Waals surface area contributed by atoms with Gasteiger partial charge in [-0.25, -0.2) is 13.9 Å². The summed E-state index contributed by atoms with van der Waals surface area (Å²) in [5.74, 6) is -2.59. The van der Waals surface area contributed by atoms with Crippen molar-refractivity contribution in [2.45, 2.75) is 6.54 Å². The van der Waals surface area contributed by atoms with Gasteiger partial charge >= 0.3 is 5.97 Å². The molecule has 3 aromatic rings. The number of carboxylic acids is 1. The Hall–Kier alpha value is -4.03. The van der Waals surface area contributed by atoms with Crippen LogP contribution in [0.2, 0.25) is 5.02 Å². The molecule has 0 aliphatic heterocycles. The summed E-state index contributed by atoms with van der Waals surface area (Å²) in [6, 6.07) is 12.0. The fourth-order valence-electron chi connectivity index (χ4n) is 2.60. The standard InChI is InChI=1S/C20H12ClFN4O4/c21-15-2-1-12(8-16(15)22)17-3-4-19(28)26(25-17)10-18(27)24-14-6-11(9-23)5-13(7-14)20(29)30/h1-8H,10H2,(H,24,27)(H,29,30). The van der Waals surface area contributed by atoms with Crippen molar-refractivity contribution in [1.29, 1.82) is 5.26 Å². The van der Waals surface area contributed by atoms with E-state index in [1.165, 1.54) is 42.5 Å². The van der Waals surface area contributed by atoms with E-state index in [0.717, 1.165) is 10.7 Å². The summed E-state index contributed by atoms with van der Waals surface area (Å²) in [6.45, 7) is -0.484. The number of nitrogens with zero attached hydrogens (tertiary/aromatic N) is 3. The molecule has 0 atom stereocenters. The molecule has 0 radical (unpaired) electrons. The Morgan fingerprint density at radius 3 is 2.63 bits per heavy atom. The van der Waals surface area contributed by atoms with Gasteiger partial charge in [0.2, 0.25) is 5.91 Å². The van der Waals surface area contributed by atoms with E-state index in [0.29, 0.717) is 5.56 Å². The molecule has 1 amide bonds. The zero-order valence-corrected chi connectivity index (χ0v) is 15.9. The van der Waals surface area contributed by atoms with Crippen LogP contribution in [-0.2, 0) is 11.3 Å². The lowest BCUT2D eigenvalue weighted by molar-refractivity contribution is -0.117. The van der Waals surface area contributed by atoms with E-state index in [2.05, 4.69) is 10.4 Å². The molecular formula is C20H12ClFN4O4. The van der Waals surface area contributed by atoms with Gasteiger partial charge in [0, 0.05) is 17.3 Å². The molecule has 2 N–H and O–H groups in total. The Kier molecular flexibility index (Phi) is 5.90. The lowest BCUT2D eigenvalue weighted by Crippen LogP contribution is -2.29. The number of carboxylic acid groups (broad SMARTS) is 1. The summed E-state index contributed by atoms with van der Waals surface area (Å²) in [4.78, 5) is 35.6. The van der Waals surface area contributed by atoms with Crippen LogP contribution in [0.1, 0.15) is 15.9 Å². The molecule has 0 fully saturated rings. The van der Waals surface area contributed by atoms with Gasteiger partial charge < -0.3 is 10.4 Å². The summed E-state index contributed by atoms with van der Waals surface area (Å²) < 4.78 is 14.6. The molecule has 0 aliphatic carbocycles. The largest absolute Gasteiger partial charge is 0.478 e. The van der Waals surface area contributed by atoms with Gasteiger partial charge in [-0.2, -0.15) is 10.4 Å². The van der Waals surface area contributed by atoms with Crippen LogP contribution in [0.15, 0.2) is 53.3 Å². The van der Waals surface area contributed by atoms with Crippen molar-refractivity contribution in [2.75, 3.05) is 5.32 Å². The monoisotopic (exact) mass is 426 g/mol. The molecule has 8 nitrogen and oxygen atoms in total. The van der Waals surface area contributed by atoms with Gasteiger partial charge in [-0.1, -0.05) is 17.7 Å². The number of hydrogen-bond donors (Lipinski definition) is 2. The molecule has 3 rings (SSSR count). The van der Waals surface area contributed by atoms with Crippen molar-refractivity contribution in [2.24, 2.45) is 0 Å². The number of carbonyl (C=O) groups is 2. The molecule has 150 valence electrons. The topological polar surface area (TPSA) is 125 Å². The zero-order chi connectivity index (χ0) is 21.8. The number of nitriles is 1. The molecule has 0 spiro atoms. The summed E-state index contributed by atoms with van der Waals surface area (Å²) in [6.07, 6.45) is 0. The van der Waals surface area contributed by atoms with E-state index >= 15 is 0 Å². The van der Waals surface area contributed by atoms with Crippen molar-refractivity contribution in [1.82, 2.24) is 9.78 Å². The number of rotatable bonds is 5. The van der Waals surface area contributed by atoms with Crippen LogP contribution in [0.25, 0.3) is 11.3 Å². The quantitative estimate of drug-likeness (QED) is 0.646. The first kappa shape index (κ1) is 20.7. The summed E-state index contributed by atoms with van der Waals surface area (Å²) in [5.41, 5.74) is -0.00379. The van der Waals surface area contributed by atoms with Crippen LogP contribution >= 0.6 is 11.6 Å². The second-order valence-electron chi connectivity index (χ2n) is 6.11. The molecule has 30 heavy (non-hydrogen) atoms. The average Bonchev–Trinajstić information content (AvgIpc) is 2.71. The van der Waals surface area contributed by atoms with Gasteiger partial charge in [0.1, 0.15) is 12.4 Å². The first-order valence-corrected chi connectivity index (χ1v) is 8.76. The van der Waals surface area contributed by atoms with Gasteiger partial charge in [0.05, 0.1) is 27.9 Å². The van der Waals surface area contributed by atoms with Gasteiger partial charge in [-0.15, -0.1) is 0 Å². The van der Waals surface area contributed by atoms with Crippen LogP contribution in [0.3, 0.4) is 0 Å². The molecule has 2 aromatic carbocycles. The van der Waals surface area contributed by atoms with Crippen LogP contribution in [0.5, 0.6) is 0 Å². The van der Waals surface area contributed by atoms with Crippen molar-refractivity contribution < 1.29 is 19.1 Å². The smallest absolute Gasteiger partial charge is 0.335 e. The summed E-state index contributed by atoms with van der Waals surface area (Å²) >= 11 is 5.66. The molecule has 10 heteroatoms. The fraction of sp³-hybridized carbons (Fsp3) is 0.0500. The highest BCUT2D eigenvalue weighted by atomic mass is 35.5. The van der Waals surface area contributed by atoms with Crippen LogP contribution < -0.4 is 10.9 Å². The Balaban J connectivity index is 1.84. The Morgan fingerprint density at radius 2 is 1.97 bits per heavy atom. The maximum Gasteiger partial charge on any atom is 0.335 e. The van der Waals surface area contributed by atoms with Crippen LogP contribution in [0.4, 0.5) is 10.1 Å². The number of anilines is 1. The summed E-state index contributed by atoms with van der Waals surface area (Å²) in [5, 5.41) is 24.5. The maximum atomic E-state index is 13.7. The number of benzene rings is 2. The van der Waals surface area contributed by atoms with Crippen molar-refractivity contribution >= 4 is 29.2 Å². The molecular weight excluding hydrogens is 415 g/mol. The molecule has 0 saturated heterocycles. The highest BCUT2D eigenvalue weighted by molar-refractivity contribution is 6.30. The summed E-state index contributed by atoms with van der Waals surface area (Å²) in [7, 11) is 0. The van der Waals surface area contributed by atoms with E-state index in [-0.39, 0.29) is 27.5 Å². The molecule has 0 saturated carbocycles. The third-order valence-corrected chi connectivity index (χ3v) is 4.27. The second-order valence-corrected chi connectivity index (χ2v) is 6.51. The van der Waals surface area contributed by atoms with Crippen LogP contribution in [0, 0.1) is 17.1 Å². The highest BCUT2D eigenvalue weighted by Gasteiger charge is 2.12. The second kappa shape index (κ2) is 8.55. The molecule has 0 aliphatic rings. The zero-order valence-electron chi connectivity index (χ0n) is 15.1. The number of aromatic carboxylic acids is 1. The minimum atomic E-state index is -1.26. The third kappa shape index (κ3) is 4.68. The molecule has 0 unspecified atom stereocenters. The average molecular weight is 427 g/mol. The number of aromatic nitrogens is 2. The minimum absolute atomic E-state index is 0.0484. The number of halogens is 2. The van der Waals surface area contributed by atoms with Crippen molar-refractivity contribution in [3.63, 3.8) is 0 Å². The van der Waals surface area contributed by atoms with Crippen molar-refractivity contribution in [3.05, 3.63) is 80.9 Å². The highest BCUT2D eigenvalue weighted by Crippen LogP contribution is 2.22. The lowest BCUT2D eigenvalue weighted by Gasteiger charge is -2.09. The van der Waals surface area contributed by atoms with E-state index in [4.69, 9.17) is 22.0 Å². The fourth-order valence-corrected chi connectivity index (χ4v) is 2.71. The predicted octanol–water partition coefficient (Wildman–Crippen LogP) is 2.91. The molecule has 0 bridgehead atoms. The normalized spacial score (nSPS) is 10.3. The third-order valence-electron chi connectivity index (χ3n) is 3.97. The Bertz CT molecular complexity index is 1270. The van der Waals surface area contributed by atoms with Gasteiger partial charge in [-0.05, 0) is 36.4 Å². The van der Waals surface area contributed by atoms with Gasteiger partial charge in [0.25, 0.3) is 5.56 Å². The number of carbonyl (C=O) groups excluding carboxylic acids is 1. The van der Waals surface area contributed by atoms with Crippen molar-refractivity contribution in [3.8, 4) is 17.3 Å². The maximum absolute atomic E-state index is 13.7. The van der Waals surface area contributed by atoms with E-state index in [9.17, 15) is 18.8 Å².